The van der Waals surface area contributed by atoms with E-state index in [1.807, 2.05) is 0 Å². The van der Waals surface area contributed by atoms with Gasteiger partial charge in [0, 0.05) is 24.5 Å². The molecule has 3 rings (SSSR count). The molecule has 26 heavy (non-hydrogen) atoms. The number of carbonyl (C=O) groups excluding carboxylic acids is 3. The van der Waals surface area contributed by atoms with Crippen molar-refractivity contribution < 1.29 is 14.4 Å². The molecule has 7 nitrogen and oxygen atoms in total. The number of nitrogens with one attached hydrogen (secondary N) is 2. The Morgan fingerprint density at radius 3 is 2.81 bits per heavy atom. The van der Waals surface area contributed by atoms with Gasteiger partial charge in [-0.1, -0.05) is 17.7 Å². The summed E-state index contributed by atoms with van der Waals surface area (Å²) in [6.45, 7) is 3.83. The number of nitrogens with zero attached hydrogens (tertiary/aromatic N) is 2. The standard InChI is InChI=1S/C18H24N4O3S/c1-13-3-5-14(6-4-13)26-10-2-7-19-18(25)21-8-9-22-15(12-21)17(24)20-11-16(22)23/h3-6,15H,2,7-12H2,1H3,(H,19,25)(H,20,24)/t15-/m0/s1. The number of hydrogen-bond acceptors (Lipinski definition) is 4. The molecule has 1 atom stereocenters. The number of carbonyl (C=O) groups is 3. The predicted molar refractivity (Wildman–Crippen MR) is 100 cm³/mol. The van der Waals surface area contributed by atoms with Crippen molar-refractivity contribution in [1.82, 2.24) is 20.4 Å². The third-order valence-electron chi connectivity index (χ3n) is 4.59. The van der Waals surface area contributed by atoms with Crippen LogP contribution in [0.5, 0.6) is 0 Å². The normalized spacial score (nSPS) is 19.8. The number of amides is 4. The van der Waals surface area contributed by atoms with E-state index in [-0.39, 0.29) is 30.9 Å². The minimum absolute atomic E-state index is 0.0557. The van der Waals surface area contributed by atoms with Crippen LogP contribution in [-0.2, 0) is 9.59 Å². The van der Waals surface area contributed by atoms with Crippen LogP contribution in [-0.4, -0.2) is 72.2 Å². The van der Waals surface area contributed by atoms with Crippen molar-refractivity contribution in [2.75, 3.05) is 38.5 Å². The molecule has 4 amide bonds. The summed E-state index contributed by atoms with van der Waals surface area (Å²) in [4.78, 5) is 40.5. The topological polar surface area (TPSA) is 81.8 Å². The average molecular weight is 376 g/mol. The molecule has 0 radical (unpaired) electrons. The van der Waals surface area contributed by atoms with Crippen LogP contribution in [0, 0.1) is 6.92 Å². The predicted octanol–water partition coefficient (Wildman–Crippen LogP) is 0.829. The Morgan fingerprint density at radius 2 is 2.04 bits per heavy atom. The summed E-state index contributed by atoms with van der Waals surface area (Å²) in [5.74, 6) is 0.663. The van der Waals surface area contributed by atoms with E-state index >= 15 is 0 Å². The van der Waals surface area contributed by atoms with Crippen LogP contribution >= 0.6 is 11.8 Å². The summed E-state index contributed by atoms with van der Waals surface area (Å²) < 4.78 is 0. The lowest BCUT2D eigenvalue weighted by molar-refractivity contribution is -0.148. The van der Waals surface area contributed by atoms with Gasteiger partial charge < -0.3 is 20.4 Å². The van der Waals surface area contributed by atoms with Crippen molar-refractivity contribution in [2.45, 2.75) is 24.3 Å². The molecule has 0 aromatic heterocycles. The van der Waals surface area contributed by atoms with Crippen molar-refractivity contribution >= 4 is 29.6 Å². The van der Waals surface area contributed by atoms with Gasteiger partial charge in [0.25, 0.3) is 0 Å². The number of benzene rings is 1. The van der Waals surface area contributed by atoms with Crippen LogP contribution in [0.25, 0.3) is 0 Å². The average Bonchev–Trinajstić information content (AvgIpc) is 2.65. The van der Waals surface area contributed by atoms with E-state index < -0.39 is 6.04 Å². The Bertz CT molecular complexity index is 680. The molecule has 2 saturated heterocycles. The third-order valence-corrected chi connectivity index (χ3v) is 5.69. The molecule has 2 heterocycles. The van der Waals surface area contributed by atoms with E-state index in [1.54, 1.807) is 21.6 Å². The molecule has 0 spiro atoms. The lowest BCUT2D eigenvalue weighted by Crippen LogP contribution is -2.67. The van der Waals surface area contributed by atoms with Crippen LogP contribution in [0.3, 0.4) is 0 Å². The molecule has 0 unspecified atom stereocenters. The van der Waals surface area contributed by atoms with Crippen LogP contribution in [0.15, 0.2) is 29.2 Å². The highest BCUT2D eigenvalue weighted by atomic mass is 32.2. The molecular weight excluding hydrogens is 352 g/mol. The van der Waals surface area contributed by atoms with Gasteiger partial charge in [-0.25, -0.2) is 4.79 Å². The SMILES string of the molecule is Cc1ccc(SCCCNC(=O)N2CCN3C(=O)CNC(=O)[C@@H]3C2)cc1. The lowest BCUT2D eigenvalue weighted by atomic mass is 10.1. The maximum Gasteiger partial charge on any atom is 0.317 e. The number of fused-ring (bicyclic) bond motifs is 1. The van der Waals surface area contributed by atoms with Crippen molar-refractivity contribution in [2.24, 2.45) is 0 Å². The van der Waals surface area contributed by atoms with Crippen LogP contribution < -0.4 is 10.6 Å². The van der Waals surface area contributed by atoms with Crippen molar-refractivity contribution in [1.29, 1.82) is 0 Å². The van der Waals surface area contributed by atoms with Crippen molar-refractivity contribution in [3.63, 3.8) is 0 Å². The summed E-state index contributed by atoms with van der Waals surface area (Å²) in [7, 11) is 0. The summed E-state index contributed by atoms with van der Waals surface area (Å²) in [5, 5.41) is 5.49. The molecule has 0 aliphatic carbocycles. The largest absolute Gasteiger partial charge is 0.345 e. The number of rotatable bonds is 5. The first kappa shape index (κ1) is 18.6. The van der Waals surface area contributed by atoms with Crippen LogP contribution in [0.4, 0.5) is 4.79 Å². The van der Waals surface area contributed by atoms with Crippen molar-refractivity contribution in [3.05, 3.63) is 29.8 Å². The molecule has 2 aliphatic heterocycles. The second kappa shape index (κ2) is 8.44. The minimum Gasteiger partial charge on any atom is -0.345 e. The van der Waals surface area contributed by atoms with Gasteiger partial charge in [-0.3, -0.25) is 9.59 Å². The molecule has 1 aromatic carbocycles. The van der Waals surface area contributed by atoms with E-state index in [0.717, 1.165) is 12.2 Å². The first-order valence-corrected chi connectivity index (χ1v) is 9.82. The maximum atomic E-state index is 12.3. The van der Waals surface area contributed by atoms with Gasteiger partial charge >= 0.3 is 6.03 Å². The Kier molecular flexibility index (Phi) is 6.03. The molecule has 0 bridgehead atoms. The van der Waals surface area contributed by atoms with Crippen LogP contribution in [0.1, 0.15) is 12.0 Å². The molecule has 140 valence electrons. The number of piperazine rings is 2. The van der Waals surface area contributed by atoms with Gasteiger partial charge in [0.1, 0.15) is 6.04 Å². The second-order valence-corrected chi connectivity index (χ2v) is 7.68. The zero-order valence-corrected chi connectivity index (χ0v) is 15.7. The molecule has 1 aromatic rings. The van der Waals surface area contributed by atoms with Gasteiger partial charge in [0.05, 0.1) is 13.1 Å². The molecule has 0 saturated carbocycles. The fourth-order valence-electron chi connectivity index (χ4n) is 3.08. The summed E-state index contributed by atoms with van der Waals surface area (Å²) in [6.07, 6.45) is 0.868. The second-order valence-electron chi connectivity index (χ2n) is 6.51. The number of thioether (sulfide) groups is 1. The van der Waals surface area contributed by atoms with Gasteiger partial charge in [-0.15, -0.1) is 11.8 Å². The monoisotopic (exact) mass is 376 g/mol. The molecule has 8 heteroatoms. The number of aryl methyl sites for hydroxylation is 1. The first-order chi connectivity index (χ1) is 12.5. The fourth-order valence-corrected chi connectivity index (χ4v) is 3.93. The highest BCUT2D eigenvalue weighted by Crippen LogP contribution is 2.19. The lowest BCUT2D eigenvalue weighted by Gasteiger charge is -2.42. The third kappa shape index (κ3) is 4.49. The van der Waals surface area contributed by atoms with E-state index in [4.69, 9.17) is 0 Å². The smallest absolute Gasteiger partial charge is 0.317 e. The van der Waals surface area contributed by atoms with Gasteiger partial charge in [0.15, 0.2) is 0 Å². The fraction of sp³-hybridized carbons (Fsp3) is 0.500. The van der Waals surface area contributed by atoms with Gasteiger partial charge in [0.2, 0.25) is 11.8 Å². The summed E-state index contributed by atoms with van der Waals surface area (Å²) >= 11 is 1.77. The zero-order chi connectivity index (χ0) is 18.5. The Hall–Kier alpha value is -2.22. The Morgan fingerprint density at radius 1 is 1.27 bits per heavy atom. The first-order valence-electron chi connectivity index (χ1n) is 8.84. The maximum absolute atomic E-state index is 12.3. The van der Waals surface area contributed by atoms with Crippen LogP contribution in [0.2, 0.25) is 0 Å². The number of hydrogen-bond donors (Lipinski definition) is 2. The van der Waals surface area contributed by atoms with Crippen molar-refractivity contribution in [3.8, 4) is 0 Å². The van der Waals surface area contributed by atoms with E-state index in [9.17, 15) is 14.4 Å². The highest BCUT2D eigenvalue weighted by Gasteiger charge is 2.39. The van der Waals surface area contributed by atoms with Gasteiger partial charge in [-0.2, -0.15) is 0 Å². The molecular formula is C18H24N4O3S. The Labute approximate surface area is 157 Å². The molecule has 2 aliphatic rings. The zero-order valence-electron chi connectivity index (χ0n) is 14.9. The number of urea groups is 1. The molecule has 2 N–H and O–H groups in total. The van der Waals surface area contributed by atoms with E-state index in [1.165, 1.54) is 10.5 Å². The quantitative estimate of drug-likeness (QED) is 0.589. The molecule has 2 fully saturated rings. The highest BCUT2D eigenvalue weighted by molar-refractivity contribution is 7.99. The van der Waals surface area contributed by atoms with E-state index in [2.05, 4.69) is 41.8 Å². The van der Waals surface area contributed by atoms with E-state index in [0.29, 0.717) is 19.6 Å². The Balaban J connectivity index is 1.38. The summed E-state index contributed by atoms with van der Waals surface area (Å²) in [5.41, 5.74) is 1.25. The van der Waals surface area contributed by atoms with Gasteiger partial charge in [-0.05, 0) is 31.2 Å². The minimum atomic E-state index is -0.562. The summed E-state index contributed by atoms with van der Waals surface area (Å²) in [6, 6.07) is 7.67.